The minimum atomic E-state index is -0.0301. The average Bonchev–Trinajstić information content (AvgIpc) is 3.19. The van der Waals surface area contributed by atoms with Crippen LogP contribution in [-0.2, 0) is 0 Å². The smallest absolute Gasteiger partial charge is 0.260 e. The van der Waals surface area contributed by atoms with E-state index in [4.69, 9.17) is 9.72 Å². The van der Waals surface area contributed by atoms with Gasteiger partial charge >= 0.3 is 0 Å². The summed E-state index contributed by atoms with van der Waals surface area (Å²) in [6.45, 7) is 1.50. The molecule has 1 heterocycles. The Labute approximate surface area is 180 Å². The maximum absolute atomic E-state index is 13.5. The van der Waals surface area contributed by atoms with Gasteiger partial charge in [0.05, 0.1) is 11.8 Å². The molecule has 0 saturated heterocycles. The monoisotopic (exact) mass is 419 g/mol. The number of thiazole rings is 1. The normalized spacial score (nSPS) is 11.3. The molecule has 0 unspecified atom stereocenters. The molecule has 1 amide bonds. The predicted octanol–water partition coefficient (Wildman–Crippen LogP) is 5.06. The van der Waals surface area contributed by atoms with E-state index < -0.39 is 0 Å². The summed E-state index contributed by atoms with van der Waals surface area (Å²) < 4.78 is 6.47. The zero-order chi connectivity index (χ0) is 21.1. The van der Waals surface area contributed by atoms with Crippen molar-refractivity contribution < 1.29 is 9.53 Å². The molecule has 0 aliphatic heterocycles. The molecule has 5 nitrogen and oxygen atoms in total. The van der Waals surface area contributed by atoms with Gasteiger partial charge in [0.25, 0.3) is 5.91 Å². The van der Waals surface area contributed by atoms with Gasteiger partial charge in [-0.25, -0.2) is 4.98 Å². The van der Waals surface area contributed by atoms with Crippen molar-refractivity contribution in [1.29, 1.82) is 0 Å². The molecule has 0 aliphatic carbocycles. The fourth-order valence-corrected chi connectivity index (χ4v) is 4.51. The van der Waals surface area contributed by atoms with E-state index in [2.05, 4.69) is 11.0 Å². The van der Waals surface area contributed by atoms with Crippen LogP contribution in [0.5, 0.6) is 5.75 Å². The van der Waals surface area contributed by atoms with Crippen LogP contribution < -0.4 is 9.64 Å². The number of amides is 1. The standard InChI is InChI=1S/C24H25N3O2S/c1-26(2)14-7-15-27(24-25-22-20(29-3)10-6-11-21(22)30-24)23(28)19-13-12-17-8-4-5-9-18(17)16-19/h4-6,8-13,16H,7,14-15H2,1-3H3. The zero-order valence-corrected chi connectivity index (χ0v) is 18.3. The molecular weight excluding hydrogens is 394 g/mol. The van der Waals surface area contributed by atoms with Gasteiger partial charge in [0.15, 0.2) is 5.13 Å². The third-order valence-electron chi connectivity index (χ3n) is 5.05. The summed E-state index contributed by atoms with van der Waals surface area (Å²) >= 11 is 1.52. The van der Waals surface area contributed by atoms with Crippen LogP contribution in [0.2, 0.25) is 0 Å². The lowest BCUT2D eigenvalue weighted by Gasteiger charge is -2.21. The quantitative estimate of drug-likeness (QED) is 0.420. The Balaban J connectivity index is 1.72. The lowest BCUT2D eigenvalue weighted by Crippen LogP contribution is -2.33. The van der Waals surface area contributed by atoms with Crippen LogP contribution in [0.1, 0.15) is 16.8 Å². The number of carbonyl (C=O) groups is 1. The number of aromatic nitrogens is 1. The first-order valence-corrected chi connectivity index (χ1v) is 10.8. The first-order chi connectivity index (χ1) is 14.6. The second-order valence-electron chi connectivity index (χ2n) is 7.48. The lowest BCUT2D eigenvalue weighted by atomic mass is 10.1. The Kier molecular flexibility index (Phi) is 5.97. The van der Waals surface area contributed by atoms with E-state index in [1.807, 2.05) is 68.7 Å². The van der Waals surface area contributed by atoms with E-state index in [-0.39, 0.29) is 5.91 Å². The molecule has 30 heavy (non-hydrogen) atoms. The van der Waals surface area contributed by atoms with Gasteiger partial charge in [-0.1, -0.05) is 47.7 Å². The molecule has 1 aromatic heterocycles. The number of benzene rings is 3. The summed E-state index contributed by atoms with van der Waals surface area (Å²) in [7, 11) is 5.72. The van der Waals surface area contributed by atoms with Crippen molar-refractivity contribution in [3.63, 3.8) is 0 Å². The largest absolute Gasteiger partial charge is 0.494 e. The summed E-state index contributed by atoms with van der Waals surface area (Å²) in [5, 5.41) is 2.88. The highest BCUT2D eigenvalue weighted by atomic mass is 32.1. The number of para-hydroxylation sites is 1. The summed E-state index contributed by atoms with van der Waals surface area (Å²) in [4.78, 5) is 22.2. The number of hydrogen-bond acceptors (Lipinski definition) is 5. The number of anilines is 1. The summed E-state index contributed by atoms with van der Waals surface area (Å²) in [6.07, 6.45) is 0.860. The minimum Gasteiger partial charge on any atom is -0.494 e. The van der Waals surface area contributed by atoms with Gasteiger partial charge in [0.2, 0.25) is 0 Å². The van der Waals surface area contributed by atoms with Gasteiger partial charge in [-0.3, -0.25) is 9.69 Å². The molecule has 0 bridgehead atoms. The number of methoxy groups -OCH3 is 1. The van der Waals surface area contributed by atoms with Gasteiger partial charge < -0.3 is 9.64 Å². The van der Waals surface area contributed by atoms with E-state index in [1.165, 1.54) is 11.3 Å². The van der Waals surface area contributed by atoms with Crippen molar-refractivity contribution in [2.45, 2.75) is 6.42 Å². The summed E-state index contributed by atoms with van der Waals surface area (Å²) in [5.74, 6) is 0.693. The number of hydrogen-bond donors (Lipinski definition) is 0. The van der Waals surface area contributed by atoms with Crippen molar-refractivity contribution in [3.05, 3.63) is 66.2 Å². The molecule has 6 heteroatoms. The van der Waals surface area contributed by atoms with Crippen molar-refractivity contribution in [1.82, 2.24) is 9.88 Å². The molecule has 0 aliphatic rings. The number of nitrogens with zero attached hydrogens (tertiary/aromatic N) is 3. The highest BCUT2D eigenvalue weighted by Gasteiger charge is 2.22. The minimum absolute atomic E-state index is 0.0301. The Bertz CT molecular complexity index is 1190. The Hall–Kier alpha value is -2.96. The molecule has 4 aromatic rings. The molecule has 0 saturated carbocycles. The van der Waals surface area contributed by atoms with Crippen molar-refractivity contribution in [3.8, 4) is 5.75 Å². The van der Waals surface area contributed by atoms with Gasteiger partial charge in [-0.2, -0.15) is 0 Å². The molecule has 4 rings (SSSR count). The number of ether oxygens (including phenoxy) is 1. The average molecular weight is 420 g/mol. The molecule has 3 aromatic carbocycles. The highest BCUT2D eigenvalue weighted by molar-refractivity contribution is 7.22. The highest BCUT2D eigenvalue weighted by Crippen LogP contribution is 2.34. The van der Waals surface area contributed by atoms with E-state index in [0.29, 0.717) is 17.2 Å². The summed E-state index contributed by atoms with van der Waals surface area (Å²) in [5.41, 5.74) is 1.47. The van der Waals surface area contributed by atoms with Crippen LogP contribution in [0.15, 0.2) is 60.7 Å². The summed E-state index contributed by atoms with van der Waals surface area (Å²) in [6, 6.07) is 19.8. The number of carbonyl (C=O) groups excluding carboxylic acids is 1. The topological polar surface area (TPSA) is 45.7 Å². The molecule has 154 valence electrons. The van der Waals surface area contributed by atoms with Gasteiger partial charge in [0.1, 0.15) is 11.3 Å². The SMILES string of the molecule is COc1cccc2sc(N(CCCN(C)C)C(=O)c3ccc4ccccc4c3)nc12. The first-order valence-electron chi connectivity index (χ1n) is 9.96. The second-order valence-corrected chi connectivity index (χ2v) is 8.49. The van der Waals surface area contributed by atoms with E-state index >= 15 is 0 Å². The van der Waals surface area contributed by atoms with Crippen LogP contribution in [0.4, 0.5) is 5.13 Å². The Morgan fingerprint density at radius 2 is 1.80 bits per heavy atom. The third kappa shape index (κ3) is 4.15. The van der Waals surface area contributed by atoms with E-state index in [9.17, 15) is 4.79 Å². The fourth-order valence-electron chi connectivity index (χ4n) is 3.50. The Morgan fingerprint density at radius 3 is 2.57 bits per heavy atom. The van der Waals surface area contributed by atoms with Gasteiger partial charge in [-0.15, -0.1) is 0 Å². The number of rotatable bonds is 7. The molecule has 0 spiro atoms. The molecule has 0 N–H and O–H groups in total. The fraction of sp³-hybridized carbons (Fsp3) is 0.250. The van der Waals surface area contributed by atoms with Crippen molar-refractivity contribution in [2.75, 3.05) is 39.2 Å². The zero-order valence-electron chi connectivity index (χ0n) is 17.5. The maximum atomic E-state index is 13.5. The van der Waals surface area contributed by atoms with Crippen LogP contribution in [0, 0.1) is 0 Å². The molecule has 0 atom stereocenters. The second kappa shape index (κ2) is 8.81. The molecular formula is C24H25N3O2S. The Morgan fingerprint density at radius 1 is 1.00 bits per heavy atom. The van der Waals surface area contributed by atoms with Crippen molar-refractivity contribution >= 4 is 43.4 Å². The predicted molar refractivity (Wildman–Crippen MR) is 125 cm³/mol. The molecule has 0 radical (unpaired) electrons. The molecule has 0 fully saturated rings. The van der Waals surface area contributed by atoms with Gasteiger partial charge in [-0.05, 0) is 62.1 Å². The lowest BCUT2D eigenvalue weighted by molar-refractivity contribution is 0.0986. The first kappa shape index (κ1) is 20.3. The van der Waals surface area contributed by atoms with Crippen LogP contribution >= 0.6 is 11.3 Å². The van der Waals surface area contributed by atoms with Crippen LogP contribution in [0.25, 0.3) is 21.0 Å². The van der Waals surface area contributed by atoms with Crippen LogP contribution in [0.3, 0.4) is 0 Å². The number of fused-ring (bicyclic) bond motifs is 2. The van der Waals surface area contributed by atoms with Gasteiger partial charge in [0, 0.05) is 12.1 Å². The van der Waals surface area contributed by atoms with Crippen molar-refractivity contribution in [2.24, 2.45) is 0 Å². The third-order valence-corrected chi connectivity index (χ3v) is 6.09. The maximum Gasteiger partial charge on any atom is 0.260 e. The van der Waals surface area contributed by atoms with E-state index in [1.54, 1.807) is 12.0 Å². The van der Waals surface area contributed by atoms with Crippen LogP contribution in [-0.4, -0.2) is 50.1 Å². The van der Waals surface area contributed by atoms with E-state index in [0.717, 1.165) is 39.7 Å².